The molecule has 0 bridgehead atoms. The van der Waals surface area contributed by atoms with Crippen LogP contribution in [-0.4, -0.2) is 35.0 Å². The molecule has 4 rings (SSSR count). The predicted octanol–water partition coefficient (Wildman–Crippen LogP) is 5.33. The van der Waals surface area contributed by atoms with Gasteiger partial charge in [-0.3, -0.25) is 9.59 Å². The Balaban J connectivity index is 1.59. The molecule has 0 unspecified atom stereocenters. The molecule has 34 heavy (non-hydrogen) atoms. The molecular weight excluding hydrogens is 445 g/mol. The van der Waals surface area contributed by atoms with E-state index in [-0.39, 0.29) is 30.4 Å². The van der Waals surface area contributed by atoms with Crippen LogP contribution in [0.4, 0.5) is 13.2 Å². The van der Waals surface area contributed by atoms with E-state index in [4.69, 9.17) is 0 Å². The minimum absolute atomic E-state index is 0.0111. The molecule has 2 heterocycles. The minimum Gasteiger partial charge on any atom is -0.469 e. The van der Waals surface area contributed by atoms with Crippen LogP contribution in [0.2, 0.25) is 0 Å². The zero-order valence-electron chi connectivity index (χ0n) is 19.0. The Bertz CT molecular complexity index is 1200. The number of amides is 1. The van der Waals surface area contributed by atoms with E-state index >= 15 is 0 Å². The number of nitrogens with zero attached hydrogens (tertiary/aromatic N) is 2. The van der Waals surface area contributed by atoms with Gasteiger partial charge in [0.25, 0.3) is 0 Å². The van der Waals surface area contributed by atoms with Gasteiger partial charge in [-0.25, -0.2) is 0 Å². The number of aromatic nitrogens is 1. The molecule has 5 nitrogen and oxygen atoms in total. The van der Waals surface area contributed by atoms with Crippen LogP contribution in [-0.2, 0) is 40.0 Å². The standard InChI is InChI=1S/C26H27F3N2O3/c1-34-25(33)13-7-6-12-24(32)30-15-14-20-19-9-3-5-11-22(19)31(23(20)17-30)16-18-8-2-4-10-21(18)26(27,28)29/h2-5,8-11H,6-7,12-17H2,1H3. The van der Waals surface area contributed by atoms with Crippen molar-refractivity contribution >= 4 is 22.8 Å². The first-order chi connectivity index (χ1) is 16.3. The van der Waals surface area contributed by atoms with Crippen LogP contribution in [0.25, 0.3) is 10.9 Å². The average molecular weight is 473 g/mol. The molecule has 2 aromatic carbocycles. The fourth-order valence-corrected chi connectivity index (χ4v) is 4.70. The van der Waals surface area contributed by atoms with E-state index in [1.54, 1.807) is 11.0 Å². The van der Waals surface area contributed by atoms with Crippen molar-refractivity contribution < 1.29 is 27.5 Å². The highest BCUT2D eigenvalue weighted by Gasteiger charge is 2.34. The van der Waals surface area contributed by atoms with Crippen LogP contribution in [0.5, 0.6) is 0 Å². The third kappa shape index (κ3) is 4.95. The molecule has 0 atom stereocenters. The van der Waals surface area contributed by atoms with Crippen molar-refractivity contribution in [3.05, 3.63) is 70.9 Å². The summed E-state index contributed by atoms with van der Waals surface area (Å²) in [5.41, 5.74) is 2.40. The quantitative estimate of drug-likeness (QED) is 0.345. The van der Waals surface area contributed by atoms with Crippen LogP contribution >= 0.6 is 0 Å². The third-order valence-electron chi connectivity index (χ3n) is 6.42. The van der Waals surface area contributed by atoms with Gasteiger partial charge in [-0.15, -0.1) is 0 Å². The summed E-state index contributed by atoms with van der Waals surface area (Å²) in [5.74, 6) is -0.304. The normalized spacial score (nSPS) is 13.7. The van der Waals surface area contributed by atoms with Gasteiger partial charge < -0.3 is 14.2 Å². The van der Waals surface area contributed by atoms with Gasteiger partial charge in [0.05, 0.1) is 19.2 Å². The largest absolute Gasteiger partial charge is 0.469 e. The van der Waals surface area contributed by atoms with E-state index in [1.807, 2.05) is 28.8 Å². The number of ether oxygens (including phenoxy) is 1. The molecule has 0 saturated heterocycles. The molecule has 0 radical (unpaired) electrons. The second kappa shape index (κ2) is 9.91. The Kier molecular flexibility index (Phi) is 6.95. The number of carbonyl (C=O) groups is 2. The highest BCUT2D eigenvalue weighted by molar-refractivity contribution is 5.87. The Morgan fingerprint density at radius 3 is 2.47 bits per heavy atom. The lowest BCUT2D eigenvalue weighted by Crippen LogP contribution is -2.36. The summed E-state index contributed by atoms with van der Waals surface area (Å²) in [6.45, 7) is 0.997. The summed E-state index contributed by atoms with van der Waals surface area (Å²) in [6, 6.07) is 13.4. The molecule has 0 fully saturated rings. The molecule has 1 aliphatic heterocycles. The number of rotatable bonds is 7. The van der Waals surface area contributed by atoms with Gasteiger partial charge in [-0.2, -0.15) is 13.2 Å². The zero-order valence-corrected chi connectivity index (χ0v) is 19.0. The number of esters is 1. The molecule has 0 N–H and O–H groups in total. The summed E-state index contributed by atoms with van der Waals surface area (Å²) < 4.78 is 47.4. The van der Waals surface area contributed by atoms with Crippen LogP contribution < -0.4 is 0 Å². The number of hydrogen-bond donors (Lipinski definition) is 0. The maximum Gasteiger partial charge on any atom is 0.416 e. The van der Waals surface area contributed by atoms with E-state index in [1.165, 1.54) is 19.2 Å². The fraction of sp³-hybridized carbons (Fsp3) is 0.385. The fourth-order valence-electron chi connectivity index (χ4n) is 4.70. The Hall–Kier alpha value is -3.29. The van der Waals surface area contributed by atoms with Crippen molar-refractivity contribution in [2.24, 2.45) is 0 Å². The summed E-state index contributed by atoms with van der Waals surface area (Å²) >= 11 is 0. The molecule has 180 valence electrons. The van der Waals surface area contributed by atoms with Crippen LogP contribution in [0.1, 0.15) is 48.1 Å². The van der Waals surface area contributed by atoms with Crippen molar-refractivity contribution in [3.63, 3.8) is 0 Å². The highest BCUT2D eigenvalue weighted by Crippen LogP contribution is 2.35. The van der Waals surface area contributed by atoms with E-state index in [0.29, 0.717) is 38.8 Å². The maximum absolute atomic E-state index is 13.6. The number of methoxy groups -OCH3 is 1. The second-order valence-corrected chi connectivity index (χ2v) is 8.53. The summed E-state index contributed by atoms with van der Waals surface area (Å²) in [7, 11) is 1.34. The SMILES string of the molecule is COC(=O)CCCCC(=O)N1CCc2c(n(Cc3ccccc3C(F)(F)F)c3ccccc23)C1. The van der Waals surface area contributed by atoms with Crippen molar-refractivity contribution in [2.45, 2.75) is 51.4 Å². The van der Waals surface area contributed by atoms with E-state index in [2.05, 4.69) is 4.74 Å². The van der Waals surface area contributed by atoms with Crippen LogP contribution in [0.3, 0.4) is 0 Å². The zero-order chi connectivity index (χ0) is 24.3. The monoisotopic (exact) mass is 472 g/mol. The Morgan fingerprint density at radius 2 is 1.71 bits per heavy atom. The summed E-state index contributed by atoms with van der Waals surface area (Å²) in [6.07, 6.45) is -2.03. The smallest absolute Gasteiger partial charge is 0.416 e. The molecule has 0 spiro atoms. The number of para-hydroxylation sites is 1. The van der Waals surface area contributed by atoms with E-state index < -0.39 is 11.7 Å². The van der Waals surface area contributed by atoms with Gasteiger partial charge in [0.2, 0.25) is 5.91 Å². The second-order valence-electron chi connectivity index (χ2n) is 8.53. The highest BCUT2D eigenvalue weighted by atomic mass is 19.4. The van der Waals surface area contributed by atoms with E-state index in [9.17, 15) is 22.8 Å². The lowest BCUT2D eigenvalue weighted by Gasteiger charge is -2.29. The predicted molar refractivity (Wildman–Crippen MR) is 122 cm³/mol. The van der Waals surface area contributed by atoms with Gasteiger partial charge in [0.1, 0.15) is 0 Å². The molecule has 0 aliphatic carbocycles. The molecule has 3 aromatic rings. The van der Waals surface area contributed by atoms with Crippen LogP contribution in [0, 0.1) is 0 Å². The van der Waals surface area contributed by atoms with Crippen molar-refractivity contribution in [1.82, 2.24) is 9.47 Å². The number of benzene rings is 2. The number of unbranched alkanes of at least 4 members (excludes halogenated alkanes) is 1. The first kappa shape index (κ1) is 23.9. The van der Waals surface area contributed by atoms with Crippen molar-refractivity contribution in [1.29, 1.82) is 0 Å². The number of fused-ring (bicyclic) bond motifs is 3. The molecule has 1 aromatic heterocycles. The lowest BCUT2D eigenvalue weighted by atomic mass is 10.0. The Labute approximate surface area is 196 Å². The van der Waals surface area contributed by atoms with Crippen molar-refractivity contribution in [3.8, 4) is 0 Å². The Morgan fingerprint density at radius 1 is 1.00 bits per heavy atom. The number of alkyl halides is 3. The van der Waals surface area contributed by atoms with E-state index in [0.717, 1.165) is 28.2 Å². The van der Waals surface area contributed by atoms with Gasteiger partial charge in [-0.05, 0) is 42.5 Å². The first-order valence-corrected chi connectivity index (χ1v) is 11.4. The molecule has 1 amide bonds. The number of halogens is 3. The van der Waals surface area contributed by atoms with Gasteiger partial charge in [0, 0.05) is 42.5 Å². The first-order valence-electron chi connectivity index (χ1n) is 11.4. The summed E-state index contributed by atoms with van der Waals surface area (Å²) in [4.78, 5) is 25.9. The molecule has 8 heteroatoms. The summed E-state index contributed by atoms with van der Waals surface area (Å²) in [5, 5.41) is 1.02. The van der Waals surface area contributed by atoms with Gasteiger partial charge >= 0.3 is 12.1 Å². The van der Waals surface area contributed by atoms with Gasteiger partial charge in [0.15, 0.2) is 0 Å². The maximum atomic E-state index is 13.6. The minimum atomic E-state index is -4.44. The molecule has 0 saturated carbocycles. The third-order valence-corrected chi connectivity index (χ3v) is 6.42. The molecular formula is C26H27F3N2O3. The topological polar surface area (TPSA) is 51.5 Å². The lowest BCUT2D eigenvalue weighted by molar-refractivity contribution is -0.141. The number of carbonyl (C=O) groups excluding carboxylic acids is 2. The molecule has 1 aliphatic rings. The van der Waals surface area contributed by atoms with Crippen LogP contribution in [0.15, 0.2) is 48.5 Å². The van der Waals surface area contributed by atoms with Gasteiger partial charge in [-0.1, -0.05) is 36.4 Å². The van der Waals surface area contributed by atoms with Crippen molar-refractivity contribution in [2.75, 3.05) is 13.7 Å². The number of hydrogen-bond acceptors (Lipinski definition) is 3. The average Bonchev–Trinajstić information content (AvgIpc) is 3.14.